The van der Waals surface area contributed by atoms with Crippen LogP contribution in [0.5, 0.6) is 0 Å². The fourth-order valence-electron chi connectivity index (χ4n) is 1.94. The molecule has 120 valence electrons. The van der Waals surface area contributed by atoms with Gasteiger partial charge in [0, 0.05) is 18.4 Å². The first-order chi connectivity index (χ1) is 11.0. The van der Waals surface area contributed by atoms with Crippen molar-refractivity contribution in [3.63, 3.8) is 0 Å². The highest BCUT2D eigenvalue weighted by atomic mass is 32.2. The molecular weight excluding hydrogens is 316 g/mol. The van der Waals surface area contributed by atoms with Crippen LogP contribution in [-0.4, -0.2) is 21.2 Å². The highest BCUT2D eigenvalue weighted by Gasteiger charge is 2.20. The van der Waals surface area contributed by atoms with Crippen molar-refractivity contribution >= 4 is 15.8 Å². The lowest BCUT2D eigenvalue weighted by molar-refractivity contribution is 0.304. The van der Waals surface area contributed by atoms with Crippen molar-refractivity contribution in [2.45, 2.75) is 18.2 Å². The molecule has 0 aliphatic heterocycles. The van der Waals surface area contributed by atoms with Gasteiger partial charge in [0.05, 0.1) is 18.9 Å². The lowest BCUT2D eigenvalue weighted by Crippen LogP contribution is -2.15. The van der Waals surface area contributed by atoms with Gasteiger partial charge in [-0.3, -0.25) is 4.28 Å². The molecule has 0 fully saturated rings. The maximum absolute atomic E-state index is 12.1. The summed E-state index contributed by atoms with van der Waals surface area (Å²) in [4.78, 5) is 0.0200. The summed E-state index contributed by atoms with van der Waals surface area (Å²) in [6, 6.07) is 8.28. The van der Waals surface area contributed by atoms with E-state index in [2.05, 4.69) is 5.16 Å². The summed E-state index contributed by atoms with van der Waals surface area (Å²) in [5, 5.41) is 12.6. The molecule has 0 aromatic heterocycles. The predicted molar refractivity (Wildman–Crippen MR) is 84.8 cm³/mol. The van der Waals surface area contributed by atoms with Gasteiger partial charge in [0.15, 0.2) is 0 Å². The van der Waals surface area contributed by atoms with Crippen molar-refractivity contribution in [3.8, 4) is 6.07 Å². The zero-order chi connectivity index (χ0) is 16.9. The normalized spacial score (nSPS) is 19.1. The van der Waals surface area contributed by atoms with E-state index in [0.29, 0.717) is 11.5 Å². The Morgan fingerprint density at radius 3 is 2.61 bits per heavy atom. The number of ether oxygens (including phenoxy) is 1. The zero-order valence-electron chi connectivity index (χ0n) is 12.8. The molecule has 0 saturated heterocycles. The van der Waals surface area contributed by atoms with Gasteiger partial charge in [-0.1, -0.05) is 28.9 Å². The van der Waals surface area contributed by atoms with Gasteiger partial charge < -0.3 is 4.74 Å². The molecule has 23 heavy (non-hydrogen) atoms. The molecule has 7 heteroatoms. The Balaban J connectivity index is 2.25. The second-order valence-electron chi connectivity index (χ2n) is 4.94. The van der Waals surface area contributed by atoms with Gasteiger partial charge in [-0.15, -0.1) is 0 Å². The first kappa shape index (κ1) is 16.8. The Hall–Kier alpha value is -2.59. The highest BCUT2D eigenvalue weighted by Crippen LogP contribution is 2.20. The lowest BCUT2D eigenvalue weighted by atomic mass is 9.95. The van der Waals surface area contributed by atoms with Crippen molar-refractivity contribution in [1.29, 1.82) is 5.26 Å². The molecule has 0 radical (unpaired) electrons. The maximum atomic E-state index is 12.1. The molecule has 0 bridgehead atoms. The van der Waals surface area contributed by atoms with E-state index in [1.54, 1.807) is 30.4 Å². The van der Waals surface area contributed by atoms with Crippen molar-refractivity contribution in [2.75, 3.05) is 7.11 Å². The summed E-state index contributed by atoms with van der Waals surface area (Å²) in [6.45, 7) is 1.86. The largest absolute Gasteiger partial charge is 0.497 e. The molecule has 1 aliphatic rings. The molecule has 1 atom stereocenters. The van der Waals surface area contributed by atoms with Crippen LogP contribution in [0.25, 0.3) is 0 Å². The molecule has 0 heterocycles. The Morgan fingerprint density at radius 1 is 1.30 bits per heavy atom. The fourth-order valence-corrected chi connectivity index (χ4v) is 2.68. The summed E-state index contributed by atoms with van der Waals surface area (Å²) >= 11 is 0. The van der Waals surface area contributed by atoms with Crippen LogP contribution in [0.15, 0.2) is 58.3 Å². The van der Waals surface area contributed by atoms with Crippen LogP contribution < -0.4 is 0 Å². The molecule has 1 aromatic rings. The predicted octanol–water partition coefficient (Wildman–Crippen LogP) is 2.69. The van der Waals surface area contributed by atoms with Crippen molar-refractivity contribution < 1.29 is 17.4 Å². The molecule has 0 N–H and O–H groups in total. The van der Waals surface area contributed by atoms with E-state index >= 15 is 0 Å². The van der Waals surface area contributed by atoms with Gasteiger partial charge in [0.1, 0.15) is 10.7 Å². The Bertz CT molecular complexity index is 799. The second kappa shape index (κ2) is 7.11. The fraction of sp³-hybridized carbons (Fsp3) is 0.250. The average molecular weight is 332 g/mol. The lowest BCUT2D eigenvalue weighted by Gasteiger charge is -2.14. The average Bonchev–Trinajstić information content (AvgIpc) is 2.54. The van der Waals surface area contributed by atoms with Gasteiger partial charge in [-0.25, -0.2) is 0 Å². The van der Waals surface area contributed by atoms with Crippen LogP contribution in [0.4, 0.5) is 0 Å². The van der Waals surface area contributed by atoms with Crippen LogP contribution >= 0.6 is 0 Å². The number of nitriles is 1. The van der Waals surface area contributed by atoms with Crippen LogP contribution in [-0.2, 0) is 19.1 Å². The minimum atomic E-state index is -4.00. The molecule has 1 unspecified atom stereocenters. The Kier molecular flexibility index (Phi) is 5.19. The molecule has 0 spiro atoms. The number of rotatable bonds is 5. The minimum Gasteiger partial charge on any atom is -0.497 e. The van der Waals surface area contributed by atoms with Gasteiger partial charge in [0.25, 0.3) is 0 Å². The molecule has 0 amide bonds. The van der Waals surface area contributed by atoms with Crippen molar-refractivity contribution in [2.24, 2.45) is 11.1 Å². The second-order valence-corrected chi connectivity index (χ2v) is 6.47. The Morgan fingerprint density at radius 2 is 2.00 bits per heavy atom. The zero-order valence-corrected chi connectivity index (χ0v) is 13.6. The van der Waals surface area contributed by atoms with E-state index in [-0.39, 0.29) is 17.2 Å². The number of benzene rings is 1. The van der Waals surface area contributed by atoms with Crippen LogP contribution in [0.1, 0.15) is 12.0 Å². The third-order valence-electron chi connectivity index (χ3n) is 3.26. The van der Waals surface area contributed by atoms with Crippen LogP contribution in [0.3, 0.4) is 0 Å². The van der Waals surface area contributed by atoms with E-state index in [4.69, 9.17) is 14.3 Å². The molecular formula is C16H16N2O4S. The quantitative estimate of drug-likeness (QED) is 0.773. The molecule has 2 rings (SSSR count). The van der Waals surface area contributed by atoms with E-state index in [9.17, 15) is 8.42 Å². The van der Waals surface area contributed by atoms with Crippen molar-refractivity contribution in [1.82, 2.24) is 0 Å². The van der Waals surface area contributed by atoms with E-state index in [0.717, 1.165) is 5.56 Å². The standard InChI is InChI=1S/C16H16N2O4S/c1-12-3-7-15(8-4-12)23(19,20)22-18-16-11-14(21-2)6-5-13(16)9-10-17/h3-8,11,13H,9H2,1-2H3. The number of methoxy groups -OCH3 is 1. The summed E-state index contributed by atoms with van der Waals surface area (Å²) in [6.07, 6.45) is 5.14. The molecule has 1 aliphatic carbocycles. The summed E-state index contributed by atoms with van der Waals surface area (Å²) in [5.41, 5.74) is 1.26. The number of aryl methyl sites for hydroxylation is 1. The summed E-state index contributed by atoms with van der Waals surface area (Å²) in [5.74, 6) is 0.168. The number of nitrogens with zero attached hydrogens (tertiary/aromatic N) is 2. The third-order valence-corrected chi connectivity index (χ3v) is 4.38. The van der Waals surface area contributed by atoms with Gasteiger partial charge in [0.2, 0.25) is 0 Å². The van der Waals surface area contributed by atoms with E-state index in [1.165, 1.54) is 19.2 Å². The van der Waals surface area contributed by atoms with Gasteiger partial charge in [-0.2, -0.15) is 13.7 Å². The smallest absolute Gasteiger partial charge is 0.358 e. The van der Waals surface area contributed by atoms with Gasteiger partial charge in [-0.05, 0) is 25.1 Å². The Labute approximate surface area is 135 Å². The first-order valence-electron chi connectivity index (χ1n) is 6.85. The van der Waals surface area contributed by atoms with E-state index < -0.39 is 10.1 Å². The maximum Gasteiger partial charge on any atom is 0.358 e. The summed E-state index contributed by atoms with van der Waals surface area (Å²) in [7, 11) is -2.52. The minimum absolute atomic E-state index is 0.0200. The van der Waals surface area contributed by atoms with E-state index in [1.807, 2.05) is 13.0 Å². The van der Waals surface area contributed by atoms with Crippen LogP contribution in [0.2, 0.25) is 0 Å². The highest BCUT2D eigenvalue weighted by molar-refractivity contribution is 7.86. The summed E-state index contributed by atoms with van der Waals surface area (Å²) < 4.78 is 34.1. The molecule has 6 nitrogen and oxygen atoms in total. The number of hydrogen-bond acceptors (Lipinski definition) is 6. The topological polar surface area (TPSA) is 88.8 Å². The number of hydrogen-bond donors (Lipinski definition) is 0. The van der Waals surface area contributed by atoms with Crippen molar-refractivity contribution in [3.05, 3.63) is 53.8 Å². The van der Waals surface area contributed by atoms with Crippen LogP contribution in [0, 0.1) is 24.2 Å². The number of oxime groups is 1. The first-order valence-corrected chi connectivity index (χ1v) is 8.26. The molecule has 0 saturated carbocycles. The third kappa shape index (κ3) is 4.20. The SMILES string of the molecule is COC1=CC(=NOS(=O)(=O)c2ccc(C)cc2)C(CC#N)C=C1. The monoisotopic (exact) mass is 332 g/mol. The van der Waals surface area contributed by atoms with Gasteiger partial charge >= 0.3 is 10.1 Å². The number of allylic oxidation sites excluding steroid dienone is 3. The molecule has 1 aromatic carbocycles.